The minimum Gasteiger partial charge on any atom is -0.373 e. The van der Waals surface area contributed by atoms with Crippen LogP contribution in [0.3, 0.4) is 0 Å². The molecule has 2 rings (SSSR count). The highest BCUT2D eigenvalue weighted by Gasteiger charge is 2.45. The Morgan fingerprint density at radius 2 is 2.14 bits per heavy atom. The summed E-state index contributed by atoms with van der Waals surface area (Å²) in [6, 6.07) is 0. The molecule has 1 aliphatic rings. The Morgan fingerprint density at radius 1 is 1.43 bits per heavy atom. The molecule has 1 aliphatic heterocycles. The molecule has 0 bridgehead atoms. The zero-order valence-electron chi connectivity index (χ0n) is 8.70. The SMILES string of the molecule is Cc1nc(C2(N)COC(C)(C)C2)no1. The first-order valence-corrected chi connectivity index (χ1v) is 4.65. The summed E-state index contributed by atoms with van der Waals surface area (Å²) in [5, 5.41) is 3.84. The molecule has 1 aromatic rings. The van der Waals surface area contributed by atoms with Gasteiger partial charge in [0.05, 0.1) is 12.2 Å². The van der Waals surface area contributed by atoms with Crippen LogP contribution in [0.25, 0.3) is 0 Å². The summed E-state index contributed by atoms with van der Waals surface area (Å²) in [7, 11) is 0. The Balaban J connectivity index is 2.27. The summed E-state index contributed by atoms with van der Waals surface area (Å²) in [6.45, 7) is 6.21. The van der Waals surface area contributed by atoms with Gasteiger partial charge in [-0.2, -0.15) is 4.98 Å². The molecule has 14 heavy (non-hydrogen) atoms. The van der Waals surface area contributed by atoms with Gasteiger partial charge in [-0.15, -0.1) is 0 Å². The third kappa shape index (κ3) is 1.53. The minimum atomic E-state index is -0.596. The van der Waals surface area contributed by atoms with Gasteiger partial charge in [0.2, 0.25) is 5.89 Å². The van der Waals surface area contributed by atoms with Gasteiger partial charge in [0.15, 0.2) is 5.82 Å². The molecule has 1 aromatic heterocycles. The fraction of sp³-hybridized carbons (Fsp3) is 0.778. The molecule has 2 N–H and O–H groups in total. The molecule has 1 unspecified atom stereocenters. The van der Waals surface area contributed by atoms with Crippen LogP contribution in [0.2, 0.25) is 0 Å². The number of nitrogens with zero attached hydrogens (tertiary/aromatic N) is 2. The summed E-state index contributed by atoms with van der Waals surface area (Å²) in [4.78, 5) is 4.15. The van der Waals surface area contributed by atoms with E-state index in [4.69, 9.17) is 15.0 Å². The second kappa shape index (κ2) is 2.77. The number of hydrogen-bond donors (Lipinski definition) is 1. The van der Waals surface area contributed by atoms with E-state index in [1.54, 1.807) is 6.92 Å². The molecule has 5 nitrogen and oxygen atoms in total. The third-order valence-electron chi connectivity index (χ3n) is 2.43. The van der Waals surface area contributed by atoms with Gasteiger partial charge in [-0.3, -0.25) is 0 Å². The summed E-state index contributed by atoms with van der Waals surface area (Å²) < 4.78 is 10.5. The Labute approximate surface area is 82.6 Å². The highest BCUT2D eigenvalue weighted by Crippen LogP contribution is 2.36. The number of rotatable bonds is 1. The van der Waals surface area contributed by atoms with Crippen LogP contribution in [0.15, 0.2) is 4.52 Å². The van der Waals surface area contributed by atoms with Crippen LogP contribution in [0.4, 0.5) is 0 Å². The van der Waals surface area contributed by atoms with Crippen molar-refractivity contribution in [3.63, 3.8) is 0 Å². The molecular weight excluding hydrogens is 182 g/mol. The number of ether oxygens (including phenoxy) is 1. The van der Waals surface area contributed by atoms with Gasteiger partial charge in [-0.1, -0.05) is 5.16 Å². The van der Waals surface area contributed by atoms with E-state index < -0.39 is 5.54 Å². The van der Waals surface area contributed by atoms with E-state index in [-0.39, 0.29) is 5.60 Å². The van der Waals surface area contributed by atoms with Gasteiger partial charge in [0.25, 0.3) is 0 Å². The fourth-order valence-corrected chi connectivity index (χ4v) is 1.83. The lowest BCUT2D eigenvalue weighted by molar-refractivity contribution is 0.0338. The first kappa shape index (κ1) is 9.61. The average molecular weight is 197 g/mol. The molecule has 0 aromatic carbocycles. The van der Waals surface area contributed by atoms with Crippen LogP contribution in [0, 0.1) is 6.92 Å². The predicted octanol–water partition coefficient (Wildman–Crippen LogP) is 0.731. The zero-order chi connectivity index (χ0) is 10.4. The summed E-state index contributed by atoms with van der Waals surface area (Å²) in [5.74, 6) is 1.08. The molecule has 78 valence electrons. The zero-order valence-corrected chi connectivity index (χ0v) is 8.70. The van der Waals surface area contributed by atoms with Crippen molar-refractivity contribution >= 4 is 0 Å². The van der Waals surface area contributed by atoms with Crippen molar-refractivity contribution < 1.29 is 9.26 Å². The second-order valence-electron chi connectivity index (χ2n) is 4.52. The highest BCUT2D eigenvalue weighted by atomic mass is 16.5. The molecule has 0 aliphatic carbocycles. The lowest BCUT2D eigenvalue weighted by Gasteiger charge is -2.19. The lowest BCUT2D eigenvalue weighted by atomic mass is 9.91. The Bertz CT molecular complexity index is 348. The molecule has 1 fully saturated rings. The number of aromatic nitrogens is 2. The molecule has 0 spiro atoms. The van der Waals surface area contributed by atoms with Gasteiger partial charge < -0.3 is 15.0 Å². The topological polar surface area (TPSA) is 74.2 Å². The number of aryl methyl sites for hydroxylation is 1. The Morgan fingerprint density at radius 3 is 2.57 bits per heavy atom. The van der Waals surface area contributed by atoms with Crippen LogP contribution in [0.5, 0.6) is 0 Å². The van der Waals surface area contributed by atoms with E-state index in [0.717, 1.165) is 0 Å². The molecule has 1 atom stereocenters. The van der Waals surface area contributed by atoms with Crippen LogP contribution < -0.4 is 5.73 Å². The quantitative estimate of drug-likeness (QED) is 0.718. The van der Waals surface area contributed by atoms with Crippen LogP contribution >= 0.6 is 0 Å². The summed E-state index contributed by atoms with van der Waals surface area (Å²) in [6.07, 6.45) is 0.707. The first-order chi connectivity index (χ1) is 6.41. The molecular formula is C9H15N3O2. The van der Waals surface area contributed by atoms with E-state index in [1.165, 1.54) is 0 Å². The van der Waals surface area contributed by atoms with E-state index in [1.807, 2.05) is 13.8 Å². The maximum absolute atomic E-state index is 6.16. The van der Waals surface area contributed by atoms with Gasteiger partial charge in [-0.05, 0) is 13.8 Å². The number of hydrogen-bond acceptors (Lipinski definition) is 5. The van der Waals surface area contributed by atoms with Crippen molar-refractivity contribution in [2.45, 2.75) is 38.3 Å². The van der Waals surface area contributed by atoms with Crippen molar-refractivity contribution in [2.75, 3.05) is 6.61 Å². The van der Waals surface area contributed by atoms with Crippen molar-refractivity contribution in [3.05, 3.63) is 11.7 Å². The summed E-state index contributed by atoms with van der Waals surface area (Å²) >= 11 is 0. The Kier molecular flexibility index (Phi) is 1.90. The van der Waals surface area contributed by atoms with E-state index in [0.29, 0.717) is 24.7 Å². The monoisotopic (exact) mass is 197 g/mol. The maximum Gasteiger partial charge on any atom is 0.223 e. The van der Waals surface area contributed by atoms with Crippen molar-refractivity contribution in [1.29, 1.82) is 0 Å². The average Bonchev–Trinajstić information content (AvgIpc) is 2.57. The van der Waals surface area contributed by atoms with Crippen molar-refractivity contribution in [1.82, 2.24) is 10.1 Å². The molecule has 1 saturated heterocycles. The molecule has 5 heteroatoms. The van der Waals surface area contributed by atoms with E-state index in [9.17, 15) is 0 Å². The standard InChI is InChI=1S/C9H15N3O2/c1-6-11-7(12-14-6)9(10)4-8(2,3)13-5-9/h4-5,10H2,1-3H3. The van der Waals surface area contributed by atoms with E-state index >= 15 is 0 Å². The predicted molar refractivity (Wildman–Crippen MR) is 49.5 cm³/mol. The molecule has 2 heterocycles. The fourth-order valence-electron chi connectivity index (χ4n) is 1.83. The largest absolute Gasteiger partial charge is 0.373 e. The van der Waals surface area contributed by atoms with Gasteiger partial charge in [0.1, 0.15) is 5.54 Å². The normalized spacial score (nSPS) is 30.9. The van der Waals surface area contributed by atoms with Gasteiger partial charge in [0, 0.05) is 13.3 Å². The van der Waals surface area contributed by atoms with Crippen LogP contribution in [-0.4, -0.2) is 22.3 Å². The van der Waals surface area contributed by atoms with Gasteiger partial charge in [-0.25, -0.2) is 0 Å². The van der Waals surface area contributed by atoms with E-state index in [2.05, 4.69) is 10.1 Å². The van der Waals surface area contributed by atoms with Crippen LogP contribution in [0.1, 0.15) is 32.0 Å². The maximum atomic E-state index is 6.16. The summed E-state index contributed by atoms with van der Waals surface area (Å²) in [5.41, 5.74) is 5.36. The Hall–Kier alpha value is -0.940. The van der Waals surface area contributed by atoms with Crippen molar-refractivity contribution in [2.24, 2.45) is 5.73 Å². The van der Waals surface area contributed by atoms with Gasteiger partial charge >= 0.3 is 0 Å². The van der Waals surface area contributed by atoms with Crippen LogP contribution in [-0.2, 0) is 10.3 Å². The molecule has 0 saturated carbocycles. The number of nitrogens with two attached hydrogens (primary N) is 1. The highest BCUT2D eigenvalue weighted by molar-refractivity contribution is 5.09. The van der Waals surface area contributed by atoms with Crippen molar-refractivity contribution in [3.8, 4) is 0 Å². The lowest BCUT2D eigenvalue weighted by Crippen LogP contribution is -2.39. The second-order valence-corrected chi connectivity index (χ2v) is 4.52. The third-order valence-corrected chi connectivity index (χ3v) is 2.43. The molecule has 0 radical (unpaired) electrons. The molecule has 0 amide bonds. The minimum absolute atomic E-state index is 0.205. The first-order valence-electron chi connectivity index (χ1n) is 4.65. The smallest absolute Gasteiger partial charge is 0.223 e.